The minimum absolute atomic E-state index is 0.0378. The summed E-state index contributed by atoms with van der Waals surface area (Å²) in [4.78, 5) is 31.9. The number of carbonyl (C=O) groups is 2. The van der Waals surface area contributed by atoms with Gasteiger partial charge in [-0.3, -0.25) is 14.6 Å². The highest BCUT2D eigenvalue weighted by Crippen LogP contribution is 2.33. The van der Waals surface area contributed by atoms with Gasteiger partial charge in [0.15, 0.2) is 11.5 Å². The van der Waals surface area contributed by atoms with Gasteiger partial charge in [-0.2, -0.15) is 0 Å². The maximum atomic E-state index is 12.8. The molecule has 1 saturated heterocycles. The maximum Gasteiger partial charge on any atom is 0.272 e. The lowest BCUT2D eigenvalue weighted by Crippen LogP contribution is -2.50. The lowest BCUT2D eigenvalue weighted by Gasteiger charge is -2.34. The second-order valence-electron chi connectivity index (χ2n) is 6.71. The summed E-state index contributed by atoms with van der Waals surface area (Å²) in [6.45, 7) is 4.76. The van der Waals surface area contributed by atoms with Gasteiger partial charge in [-0.25, -0.2) is 0 Å². The van der Waals surface area contributed by atoms with Gasteiger partial charge in [-0.1, -0.05) is 0 Å². The molecule has 0 saturated carbocycles. The van der Waals surface area contributed by atoms with E-state index in [1.165, 1.54) is 0 Å². The molecule has 28 heavy (non-hydrogen) atoms. The molecule has 0 atom stereocenters. The van der Waals surface area contributed by atoms with Crippen LogP contribution in [0.25, 0.3) is 0 Å². The number of anilines is 2. The van der Waals surface area contributed by atoms with Crippen LogP contribution in [-0.4, -0.2) is 66.0 Å². The molecule has 1 aromatic heterocycles. The average Bonchev–Trinajstić information content (AvgIpc) is 2.73. The molecule has 1 fully saturated rings. The van der Waals surface area contributed by atoms with E-state index in [1.54, 1.807) is 35.1 Å². The number of aromatic nitrogens is 1. The largest absolute Gasteiger partial charge is 0.486 e. The lowest BCUT2D eigenvalue weighted by atomic mass is 10.2. The number of rotatable bonds is 3. The van der Waals surface area contributed by atoms with Gasteiger partial charge in [-0.05, 0) is 24.3 Å². The molecule has 0 spiro atoms. The quantitative estimate of drug-likeness (QED) is 0.873. The number of amides is 2. The smallest absolute Gasteiger partial charge is 0.272 e. The standard InChI is InChI=1S/C20H22N4O4/c1-14(25)23-6-8-24(9-7-23)20(26)17-12-16(4-5-21-17)22-15-2-3-18-19(13-15)28-11-10-27-18/h2-5,12-13H,6-11H2,1H3,(H,21,22). The summed E-state index contributed by atoms with van der Waals surface area (Å²) in [5.41, 5.74) is 1.97. The van der Waals surface area contributed by atoms with Gasteiger partial charge in [-0.15, -0.1) is 0 Å². The Morgan fingerprint density at radius 2 is 1.61 bits per heavy atom. The van der Waals surface area contributed by atoms with Gasteiger partial charge < -0.3 is 24.6 Å². The van der Waals surface area contributed by atoms with Crippen molar-refractivity contribution >= 4 is 23.2 Å². The van der Waals surface area contributed by atoms with Crippen LogP contribution < -0.4 is 14.8 Å². The molecule has 2 aliphatic heterocycles. The first kappa shape index (κ1) is 18.1. The third-order valence-corrected chi connectivity index (χ3v) is 4.82. The zero-order valence-corrected chi connectivity index (χ0v) is 15.7. The van der Waals surface area contributed by atoms with Crippen LogP contribution >= 0.6 is 0 Å². The zero-order chi connectivity index (χ0) is 19.5. The Balaban J connectivity index is 1.44. The molecule has 2 aliphatic rings. The summed E-state index contributed by atoms with van der Waals surface area (Å²) in [5.74, 6) is 1.34. The van der Waals surface area contributed by atoms with E-state index >= 15 is 0 Å². The summed E-state index contributed by atoms with van der Waals surface area (Å²) >= 11 is 0. The molecule has 8 heteroatoms. The number of pyridine rings is 1. The Hall–Kier alpha value is -3.29. The van der Waals surface area contributed by atoms with Crippen molar-refractivity contribution < 1.29 is 19.1 Å². The predicted molar refractivity (Wildman–Crippen MR) is 103 cm³/mol. The number of benzene rings is 1. The van der Waals surface area contributed by atoms with Crippen molar-refractivity contribution in [1.82, 2.24) is 14.8 Å². The molecule has 2 aromatic rings. The number of ether oxygens (including phenoxy) is 2. The summed E-state index contributed by atoms with van der Waals surface area (Å²) in [6, 6.07) is 9.17. The van der Waals surface area contributed by atoms with Crippen LogP contribution in [0.4, 0.5) is 11.4 Å². The highest BCUT2D eigenvalue weighted by Gasteiger charge is 2.24. The molecule has 0 radical (unpaired) electrons. The van der Waals surface area contributed by atoms with Gasteiger partial charge in [0.2, 0.25) is 5.91 Å². The van der Waals surface area contributed by atoms with E-state index in [4.69, 9.17) is 9.47 Å². The fourth-order valence-electron chi connectivity index (χ4n) is 3.30. The molecule has 0 bridgehead atoms. The lowest BCUT2D eigenvalue weighted by molar-refractivity contribution is -0.130. The van der Waals surface area contributed by atoms with E-state index in [-0.39, 0.29) is 11.8 Å². The van der Waals surface area contributed by atoms with Crippen molar-refractivity contribution in [3.05, 3.63) is 42.2 Å². The summed E-state index contributed by atoms with van der Waals surface area (Å²) in [5, 5.41) is 3.28. The van der Waals surface area contributed by atoms with Crippen molar-refractivity contribution in [3.8, 4) is 11.5 Å². The molecular formula is C20H22N4O4. The first-order valence-electron chi connectivity index (χ1n) is 9.28. The van der Waals surface area contributed by atoms with Crippen LogP contribution in [0.1, 0.15) is 17.4 Å². The maximum absolute atomic E-state index is 12.8. The molecule has 2 amide bonds. The Bertz CT molecular complexity index is 894. The number of piperazine rings is 1. The normalized spacial score (nSPS) is 15.9. The molecule has 0 aliphatic carbocycles. The van der Waals surface area contributed by atoms with Crippen LogP contribution in [0.2, 0.25) is 0 Å². The number of hydrogen-bond donors (Lipinski definition) is 1. The van der Waals surface area contributed by atoms with Crippen LogP contribution in [0, 0.1) is 0 Å². The van der Waals surface area contributed by atoms with Crippen molar-refractivity contribution in [1.29, 1.82) is 0 Å². The van der Waals surface area contributed by atoms with E-state index in [0.29, 0.717) is 50.8 Å². The van der Waals surface area contributed by atoms with Crippen molar-refractivity contribution in [2.75, 3.05) is 44.7 Å². The monoisotopic (exact) mass is 382 g/mol. The van der Waals surface area contributed by atoms with E-state index in [1.807, 2.05) is 18.2 Å². The number of hydrogen-bond acceptors (Lipinski definition) is 6. The van der Waals surface area contributed by atoms with Gasteiger partial charge >= 0.3 is 0 Å². The first-order valence-corrected chi connectivity index (χ1v) is 9.28. The molecule has 3 heterocycles. The highest BCUT2D eigenvalue weighted by atomic mass is 16.6. The second-order valence-corrected chi connectivity index (χ2v) is 6.71. The molecule has 4 rings (SSSR count). The SMILES string of the molecule is CC(=O)N1CCN(C(=O)c2cc(Nc3ccc4c(c3)OCCO4)ccn2)CC1. The third-order valence-electron chi connectivity index (χ3n) is 4.82. The third kappa shape index (κ3) is 3.85. The van der Waals surface area contributed by atoms with Gasteiger partial charge in [0.1, 0.15) is 18.9 Å². The molecule has 1 aromatic carbocycles. The van der Waals surface area contributed by atoms with E-state index in [2.05, 4.69) is 10.3 Å². The van der Waals surface area contributed by atoms with Crippen LogP contribution in [0.5, 0.6) is 11.5 Å². The second kappa shape index (κ2) is 7.75. The summed E-state index contributed by atoms with van der Waals surface area (Å²) in [6.07, 6.45) is 1.61. The molecule has 1 N–H and O–H groups in total. The van der Waals surface area contributed by atoms with Crippen molar-refractivity contribution in [2.45, 2.75) is 6.92 Å². The zero-order valence-electron chi connectivity index (χ0n) is 15.7. The Kier molecular flexibility index (Phi) is 5.01. The number of fused-ring (bicyclic) bond motifs is 1. The molecule has 146 valence electrons. The van der Waals surface area contributed by atoms with E-state index in [9.17, 15) is 9.59 Å². The number of carbonyl (C=O) groups excluding carboxylic acids is 2. The first-order chi connectivity index (χ1) is 13.6. The number of nitrogens with zero attached hydrogens (tertiary/aromatic N) is 3. The summed E-state index contributed by atoms with van der Waals surface area (Å²) in [7, 11) is 0. The topological polar surface area (TPSA) is 84.0 Å². The van der Waals surface area contributed by atoms with Crippen molar-refractivity contribution in [3.63, 3.8) is 0 Å². The molecule has 8 nitrogen and oxygen atoms in total. The predicted octanol–water partition coefficient (Wildman–Crippen LogP) is 1.90. The van der Waals surface area contributed by atoms with Crippen LogP contribution in [-0.2, 0) is 4.79 Å². The van der Waals surface area contributed by atoms with Crippen LogP contribution in [0.3, 0.4) is 0 Å². The Labute approximate surface area is 163 Å². The van der Waals surface area contributed by atoms with Crippen LogP contribution in [0.15, 0.2) is 36.5 Å². The Morgan fingerprint density at radius 1 is 0.929 bits per heavy atom. The molecular weight excluding hydrogens is 360 g/mol. The fourth-order valence-corrected chi connectivity index (χ4v) is 3.30. The minimum atomic E-state index is -0.131. The highest BCUT2D eigenvalue weighted by molar-refractivity contribution is 5.93. The van der Waals surface area contributed by atoms with Gasteiger partial charge in [0.25, 0.3) is 5.91 Å². The van der Waals surface area contributed by atoms with Gasteiger partial charge in [0.05, 0.1) is 0 Å². The van der Waals surface area contributed by atoms with Crippen molar-refractivity contribution in [2.24, 2.45) is 0 Å². The minimum Gasteiger partial charge on any atom is -0.486 e. The molecule has 0 unspecified atom stereocenters. The number of nitrogens with one attached hydrogen (secondary N) is 1. The fraction of sp³-hybridized carbons (Fsp3) is 0.350. The van der Waals surface area contributed by atoms with Gasteiger partial charge in [0, 0.05) is 56.7 Å². The van der Waals surface area contributed by atoms with E-state index < -0.39 is 0 Å². The summed E-state index contributed by atoms with van der Waals surface area (Å²) < 4.78 is 11.1. The Morgan fingerprint density at radius 3 is 2.36 bits per heavy atom. The van der Waals surface area contributed by atoms with E-state index in [0.717, 1.165) is 17.1 Å². The average molecular weight is 382 g/mol.